The molecular weight excluding hydrogens is 178 g/mol. The first-order valence-electron chi connectivity index (χ1n) is 4.38. The minimum absolute atomic E-state index is 0.0516. The van der Waals surface area contributed by atoms with Gasteiger partial charge in [-0.1, -0.05) is 0 Å². The van der Waals surface area contributed by atoms with E-state index in [2.05, 4.69) is 5.32 Å². The van der Waals surface area contributed by atoms with E-state index in [-0.39, 0.29) is 18.5 Å². The number of nitrogens with zero attached hydrogens (tertiary/aromatic N) is 1. The van der Waals surface area contributed by atoms with Crippen molar-refractivity contribution < 1.29 is 13.6 Å². The standard InChI is InChI=1S/C8H14F2N2O/c1-6-4-8(13)11-2-3-12(6)5-7(9)10/h6-7H,2-5H2,1H3,(H,11,13). The Hall–Kier alpha value is -0.710. The monoisotopic (exact) mass is 192 g/mol. The molecule has 1 atom stereocenters. The van der Waals surface area contributed by atoms with E-state index < -0.39 is 6.43 Å². The van der Waals surface area contributed by atoms with Crippen molar-refractivity contribution >= 4 is 5.91 Å². The summed E-state index contributed by atoms with van der Waals surface area (Å²) in [6.07, 6.45) is -2.01. The molecule has 0 aromatic carbocycles. The molecule has 13 heavy (non-hydrogen) atoms. The van der Waals surface area contributed by atoms with Crippen molar-refractivity contribution in [1.82, 2.24) is 10.2 Å². The Bertz CT molecular complexity index is 187. The van der Waals surface area contributed by atoms with Gasteiger partial charge in [-0.2, -0.15) is 0 Å². The van der Waals surface area contributed by atoms with Gasteiger partial charge >= 0.3 is 0 Å². The fraction of sp³-hybridized carbons (Fsp3) is 0.875. The third kappa shape index (κ3) is 3.26. The topological polar surface area (TPSA) is 32.3 Å². The molecule has 1 unspecified atom stereocenters. The van der Waals surface area contributed by atoms with E-state index in [0.29, 0.717) is 19.5 Å². The summed E-state index contributed by atoms with van der Waals surface area (Å²) in [4.78, 5) is 12.6. The van der Waals surface area contributed by atoms with Crippen molar-refractivity contribution in [3.63, 3.8) is 0 Å². The predicted molar refractivity (Wildman–Crippen MR) is 44.7 cm³/mol. The van der Waals surface area contributed by atoms with Crippen LogP contribution >= 0.6 is 0 Å². The van der Waals surface area contributed by atoms with Crippen LogP contribution in [0.1, 0.15) is 13.3 Å². The first-order valence-corrected chi connectivity index (χ1v) is 4.38. The lowest BCUT2D eigenvalue weighted by Gasteiger charge is -2.24. The Labute approximate surface area is 76.1 Å². The highest BCUT2D eigenvalue weighted by atomic mass is 19.3. The molecule has 3 nitrogen and oxygen atoms in total. The van der Waals surface area contributed by atoms with E-state index in [1.165, 1.54) is 0 Å². The van der Waals surface area contributed by atoms with Gasteiger partial charge in [0.25, 0.3) is 6.43 Å². The van der Waals surface area contributed by atoms with Crippen LogP contribution in [0.3, 0.4) is 0 Å². The number of carbonyl (C=O) groups excluding carboxylic acids is 1. The van der Waals surface area contributed by atoms with Gasteiger partial charge in [-0.15, -0.1) is 0 Å². The van der Waals surface area contributed by atoms with Crippen LogP contribution in [0.2, 0.25) is 0 Å². The van der Waals surface area contributed by atoms with Gasteiger partial charge in [0.1, 0.15) is 0 Å². The predicted octanol–water partition coefficient (Wildman–Crippen LogP) is 0.462. The van der Waals surface area contributed by atoms with Crippen LogP contribution in [-0.2, 0) is 4.79 Å². The maximum absolute atomic E-state index is 12.1. The first kappa shape index (κ1) is 10.4. The zero-order valence-corrected chi connectivity index (χ0v) is 7.59. The zero-order chi connectivity index (χ0) is 9.84. The van der Waals surface area contributed by atoms with Gasteiger partial charge in [0.2, 0.25) is 5.91 Å². The molecule has 0 aromatic rings. The minimum atomic E-state index is -2.32. The fourth-order valence-electron chi connectivity index (χ4n) is 1.48. The Balaban J connectivity index is 2.48. The molecule has 76 valence electrons. The molecule has 5 heteroatoms. The summed E-state index contributed by atoms with van der Waals surface area (Å²) in [5, 5.41) is 2.65. The molecule has 1 aliphatic heterocycles. The Kier molecular flexibility index (Phi) is 3.59. The first-order chi connectivity index (χ1) is 6.09. The van der Waals surface area contributed by atoms with Crippen LogP contribution in [-0.4, -0.2) is 42.9 Å². The number of hydrogen-bond donors (Lipinski definition) is 1. The SMILES string of the molecule is CC1CC(=O)NCCN1CC(F)F. The van der Waals surface area contributed by atoms with Gasteiger partial charge < -0.3 is 5.32 Å². The summed E-state index contributed by atoms with van der Waals surface area (Å²) in [7, 11) is 0. The number of halogens is 2. The molecule has 0 radical (unpaired) electrons. The van der Waals surface area contributed by atoms with Gasteiger partial charge in [-0.3, -0.25) is 9.69 Å². The molecular formula is C8H14F2N2O. The summed E-state index contributed by atoms with van der Waals surface area (Å²) >= 11 is 0. The fourth-order valence-corrected chi connectivity index (χ4v) is 1.48. The van der Waals surface area contributed by atoms with Crippen molar-refractivity contribution in [2.24, 2.45) is 0 Å². The van der Waals surface area contributed by atoms with Crippen molar-refractivity contribution in [2.75, 3.05) is 19.6 Å². The number of nitrogens with one attached hydrogen (secondary N) is 1. The third-order valence-electron chi connectivity index (χ3n) is 2.20. The smallest absolute Gasteiger partial charge is 0.251 e. The van der Waals surface area contributed by atoms with E-state index in [1.807, 2.05) is 0 Å². The summed E-state index contributed by atoms with van der Waals surface area (Å²) < 4.78 is 24.2. The number of carbonyl (C=O) groups is 1. The number of hydrogen-bond acceptors (Lipinski definition) is 2. The molecule has 0 aromatic heterocycles. The van der Waals surface area contributed by atoms with Crippen molar-refractivity contribution in [3.8, 4) is 0 Å². The normalized spacial score (nSPS) is 25.8. The van der Waals surface area contributed by atoms with E-state index >= 15 is 0 Å². The Morgan fingerprint density at radius 3 is 3.00 bits per heavy atom. The zero-order valence-electron chi connectivity index (χ0n) is 7.59. The average Bonchev–Trinajstić information content (AvgIpc) is 2.13. The second-order valence-corrected chi connectivity index (χ2v) is 3.29. The summed E-state index contributed by atoms with van der Waals surface area (Å²) in [6.45, 7) is 2.54. The van der Waals surface area contributed by atoms with Gasteiger partial charge in [-0.05, 0) is 6.92 Å². The molecule has 1 amide bonds. The van der Waals surface area contributed by atoms with Crippen molar-refractivity contribution in [2.45, 2.75) is 25.8 Å². The average molecular weight is 192 g/mol. The van der Waals surface area contributed by atoms with Crippen LogP contribution in [0.25, 0.3) is 0 Å². The molecule has 1 rings (SSSR count). The minimum Gasteiger partial charge on any atom is -0.355 e. The van der Waals surface area contributed by atoms with Crippen molar-refractivity contribution in [1.29, 1.82) is 0 Å². The Morgan fingerprint density at radius 1 is 1.69 bits per heavy atom. The van der Waals surface area contributed by atoms with Gasteiger partial charge in [0.05, 0.1) is 6.54 Å². The molecule has 0 bridgehead atoms. The highest BCUT2D eigenvalue weighted by molar-refractivity contribution is 5.76. The lowest BCUT2D eigenvalue weighted by molar-refractivity contribution is -0.121. The van der Waals surface area contributed by atoms with Crippen LogP contribution < -0.4 is 5.32 Å². The molecule has 0 aliphatic carbocycles. The number of alkyl halides is 2. The molecule has 1 saturated heterocycles. The highest BCUT2D eigenvalue weighted by Gasteiger charge is 2.22. The molecule has 0 saturated carbocycles. The Morgan fingerprint density at radius 2 is 2.38 bits per heavy atom. The summed E-state index contributed by atoms with van der Waals surface area (Å²) in [6, 6.07) is -0.0866. The van der Waals surface area contributed by atoms with E-state index in [9.17, 15) is 13.6 Å². The van der Waals surface area contributed by atoms with Crippen molar-refractivity contribution in [3.05, 3.63) is 0 Å². The maximum atomic E-state index is 12.1. The third-order valence-corrected chi connectivity index (χ3v) is 2.20. The van der Waals surface area contributed by atoms with Crippen LogP contribution in [0.4, 0.5) is 8.78 Å². The quantitative estimate of drug-likeness (QED) is 0.689. The van der Waals surface area contributed by atoms with E-state index in [0.717, 1.165) is 0 Å². The molecule has 1 aliphatic rings. The second kappa shape index (κ2) is 4.50. The molecule has 1 heterocycles. The van der Waals surface area contributed by atoms with E-state index in [4.69, 9.17) is 0 Å². The summed E-state index contributed by atoms with van der Waals surface area (Å²) in [5.41, 5.74) is 0. The van der Waals surface area contributed by atoms with Crippen LogP contribution in [0.5, 0.6) is 0 Å². The van der Waals surface area contributed by atoms with Gasteiger partial charge in [0.15, 0.2) is 0 Å². The highest BCUT2D eigenvalue weighted by Crippen LogP contribution is 2.08. The summed E-state index contributed by atoms with van der Waals surface area (Å²) in [5.74, 6) is -0.0516. The van der Waals surface area contributed by atoms with Crippen LogP contribution in [0, 0.1) is 0 Å². The number of rotatable bonds is 2. The van der Waals surface area contributed by atoms with Gasteiger partial charge in [-0.25, -0.2) is 8.78 Å². The lowest BCUT2D eigenvalue weighted by atomic mass is 10.2. The molecule has 1 fully saturated rings. The number of amides is 1. The van der Waals surface area contributed by atoms with E-state index in [1.54, 1.807) is 11.8 Å². The lowest BCUT2D eigenvalue weighted by Crippen LogP contribution is -2.37. The van der Waals surface area contributed by atoms with Crippen LogP contribution in [0.15, 0.2) is 0 Å². The maximum Gasteiger partial charge on any atom is 0.251 e. The molecule has 1 N–H and O–H groups in total. The largest absolute Gasteiger partial charge is 0.355 e. The van der Waals surface area contributed by atoms with Gasteiger partial charge in [0, 0.05) is 25.6 Å². The molecule has 0 spiro atoms. The second-order valence-electron chi connectivity index (χ2n) is 3.29.